The summed E-state index contributed by atoms with van der Waals surface area (Å²) in [5.41, 5.74) is -2.25. The molecule has 26 heavy (non-hydrogen) atoms. The molecular formula is C18H9F5N2O. The number of H-pyrrole nitrogens is 1. The fourth-order valence-electron chi connectivity index (χ4n) is 2.69. The van der Waals surface area contributed by atoms with E-state index in [1.165, 1.54) is 6.07 Å². The molecule has 3 rings (SSSR count). The molecule has 0 aliphatic heterocycles. The number of nitrogens with one attached hydrogen (secondary N) is 1. The highest BCUT2D eigenvalue weighted by atomic mass is 19.4. The Hall–Kier alpha value is -3.21. The zero-order chi connectivity index (χ0) is 19.1. The maximum Gasteiger partial charge on any atom is 0.416 e. The summed E-state index contributed by atoms with van der Waals surface area (Å²) in [4.78, 5) is 14.7. The van der Waals surface area contributed by atoms with E-state index in [1.807, 2.05) is 0 Å². The minimum absolute atomic E-state index is 0.0645. The summed E-state index contributed by atoms with van der Waals surface area (Å²) in [6.07, 6.45) is -3.89. The summed E-state index contributed by atoms with van der Waals surface area (Å²) >= 11 is 0. The van der Waals surface area contributed by atoms with Crippen LogP contribution in [0.1, 0.15) is 22.3 Å². The van der Waals surface area contributed by atoms with Crippen molar-refractivity contribution in [1.29, 1.82) is 5.26 Å². The van der Waals surface area contributed by atoms with Crippen molar-refractivity contribution in [3.63, 3.8) is 0 Å². The first kappa shape index (κ1) is 17.6. The minimum atomic E-state index is -4.57. The smallest absolute Gasteiger partial charge is 0.359 e. The Morgan fingerprint density at radius 2 is 1.88 bits per heavy atom. The van der Waals surface area contributed by atoms with E-state index in [-0.39, 0.29) is 34.0 Å². The lowest BCUT2D eigenvalue weighted by atomic mass is 9.98. The van der Waals surface area contributed by atoms with E-state index in [2.05, 4.69) is 4.98 Å². The molecule has 0 unspecified atom stereocenters. The van der Waals surface area contributed by atoms with Crippen LogP contribution in [0.5, 0.6) is 0 Å². The van der Waals surface area contributed by atoms with Crippen molar-refractivity contribution >= 4 is 10.9 Å². The van der Waals surface area contributed by atoms with Crippen molar-refractivity contribution in [3.05, 3.63) is 80.6 Å². The molecule has 8 heteroatoms. The first-order valence-electron chi connectivity index (χ1n) is 7.31. The van der Waals surface area contributed by atoms with Gasteiger partial charge >= 0.3 is 6.18 Å². The number of hydrogen-bond donors (Lipinski definition) is 1. The number of alkyl halides is 3. The molecule has 0 spiro atoms. The van der Waals surface area contributed by atoms with Crippen LogP contribution in [0.25, 0.3) is 10.9 Å². The standard InChI is InChI=1S/C18H9F5N2O/c19-14-6-13-16(25-8-10(7-24)17(13)26)12(15(14)20)5-9-2-1-3-11(4-9)18(21,22)23/h1-4,6,8H,5H2,(H,25,26). The lowest BCUT2D eigenvalue weighted by Gasteiger charge is -2.11. The molecule has 3 aromatic rings. The van der Waals surface area contributed by atoms with Crippen LogP contribution in [0.15, 0.2) is 41.3 Å². The maximum absolute atomic E-state index is 14.3. The molecule has 0 amide bonds. The van der Waals surface area contributed by atoms with Gasteiger partial charge in [-0.25, -0.2) is 8.78 Å². The van der Waals surface area contributed by atoms with Crippen LogP contribution in [0.2, 0.25) is 0 Å². The predicted octanol–water partition coefficient (Wildman–Crippen LogP) is 4.29. The van der Waals surface area contributed by atoms with Crippen LogP contribution < -0.4 is 5.43 Å². The fourth-order valence-corrected chi connectivity index (χ4v) is 2.69. The number of benzene rings is 2. The van der Waals surface area contributed by atoms with Crippen LogP contribution >= 0.6 is 0 Å². The first-order chi connectivity index (χ1) is 12.2. The van der Waals surface area contributed by atoms with E-state index in [4.69, 9.17) is 5.26 Å². The molecule has 1 heterocycles. The van der Waals surface area contributed by atoms with E-state index in [0.717, 1.165) is 24.4 Å². The van der Waals surface area contributed by atoms with E-state index < -0.39 is 28.8 Å². The van der Waals surface area contributed by atoms with Crippen LogP contribution in [0.3, 0.4) is 0 Å². The minimum Gasteiger partial charge on any atom is -0.359 e. The van der Waals surface area contributed by atoms with Gasteiger partial charge in [-0.2, -0.15) is 18.4 Å². The Balaban J connectivity index is 2.20. The van der Waals surface area contributed by atoms with E-state index in [1.54, 1.807) is 6.07 Å². The topological polar surface area (TPSA) is 56.6 Å². The molecule has 132 valence electrons. The van der Waals surface area contributed by atoms with Crippen molar-refractivity contribution in [2.75, 3.05) is 0 Å². The molecule has 3 nitrogen and oxygen atoms in total. The number of aromatic amines is 1. The van der Waals surface area contributed by atoms with Crippen molar-refractivity contribution in [2.45, 2.75) is 12.6 Å². The number of rotatable bonds is 2. The van der Waals surface area contributed by atoms with E-state index in [0.29, 0.717) is 6.07 Å². The molecule has 0 atom stereocenters. The van der Waals surface area contributed by atoms with Crippen molar-refractivity contribution in [2.24, 2.45) is 0 Å². The van der Waals surface area contributed by atoms with Gasteiger partial charge in [0.25, 0.3) is 0 Å². The van der Waals surface area contributed by atoms with Gasteiger partial charge in [-0.05, 0) is 17.7 Å². The Labute approximate surface area is 143 Å². The third-order valence-electron chi connectivity index (χ3n) is 3.92. The molecule has 0 bridgehead atoms. The van der Waals surface area contributed by atoms with Crippen LogP contribution in [-0.2, 0) is 12.6 Å². The normalized spacial score (nSPS) is 11.5. The van der Waals surface area contributed by atoms with E-state index in [9.17, 15) is 26.7 Å². The Kier molecular flexibility index (Phi) is 4.24. The fraction of sp³-hybridized carbons (Fsp3) is 0.111. The summed E-state index contributed by atoms with van der Waals surface area (Å²) in [7, 11) is 0. The van der Waals surface area contributed by atoms with Gasteiger partial charge in [0, 0.05) is 18.2 Å². The van der Waals surface area contributed by atoms with Gasteiger partial charge in [0.1, 0.15) is 11.6 Å². The van der Waals surface area contributed by atoms with Gasteiger partial charge in [0.2, 0.25) is 5.43 Å². The lowest BCUT2D eigenvalue weighted by molar-refractivity contribution is -0.137. The molecule has 0 saturated carbocycles. The number of nitriles is 1. The number of hydrogen-bond acceptors (Lipinski definition) is 2. The monoisotopic (exact) mass is 364 g/mol. The third-order valence-corrected chi connectivity index (χ3v) is 3.92. The van der Waals surface area contributed by atoms with Crippen molar-refractivity contribution in [1.82, 2.24) is 4.98 Å². The molecule has 0 saturated heterocycles. The highest BCUT2D eigenvalue weighted by Crippen LogP contribution is 2.31. The SMILES string of the molecule is N#Cc1c[nH]c2c(Cc3cccc(C(F)(F)F)c3)c(F)c(F)cc2c1=O. The largest absolute Gasteiger partial charge is 0.416 e. The van der Waals surface area contributed by atoms with Crippen molar-refractivity contribution < 1.29 is 22.0 Å². The molecule has 0 aliphatic rings. The average Bonchev–Trinajstić information content (AvgIpc) is 2.59. The Morgan fingerprint density at radius 1 is 1.15 bits per heavy atom. The average molecular weight is 364 g/mol. The van der Waals surface area contributed by atoms with Crippen LogP contribution in [-0.4, -0.2) is 4.98 Å². The lowest BCUT2D eigenvalue weighted by Crippen LogP contribution is -2.11. The number of halogens is 5. The molecule has 1 aromatic heterocycles. The highest BCUT2D eigenvalue weighted by molar-refractivity contribution is 5.83. The summed E-state index contributed by atoms with van der Waals surface area (Å²) in [5.74, 6) is -2.59. The maximum atomic E-state index is 14.3. The zero-order valence-corrected chi connectivity index (χ0v) is 12.9. The second-order valence-electron chi connectivity index (χ2n) is 5.59. The molecule has 0 fully saturated rings. The molecule has 2 aromatic carbocycles. The molecule has 0 aliphatic carbocycles. The van der Waals surface area contributed by atoms with Gasteiger partial charge < -0.3 is 4.98 Å². The third kappa shape index (κ3) is 3.04. The van der Waals surface area contributed by atoms with Crippen LogP contribution in [0, 0.1) is 23.0 Å². The molecule has 1 N–H and O–H groups in total. The summed E-state index contributed by atoms with van der Waals surface area (Å²) in [6.45, 7) is 0. The van der Waals surface area contributed by atoms with E-state index >= 15 is 0 Å². The van der Waals surface area contributed by atoms with Gasteiger partial charge in [-0.3, -0.25) is 4.79 Å². The van der Waals surface area contributed by atoms with Crippen molar-refractivity contribution in [3.8, 4) is 6.07 Å². The number of fused-ring (bicyclic) bond motifs is 1. The quantitative estimate of drug-likeness (QED) is 0.690. The zero-order valence-electron chi connectivity index (χ0n) is 12.9. The van der Waals surface area contributed by atoms with Gasteiger partial charge in [-0.15, -0.1) is 0 Å². The Morgan fingerprint density at radius 3 is 2.54 bits per heavy atom. The van der Waals surface area contributed by atoms with Gasteiger partial charge in [0.05, 0.1) is 16.5 Å². The first-order valence-corrected chi connectivity index (χ1v) is 7.31. The number of aromatic nitrogens is 1. The second-order valence-corrected chi connectivity index (χ2v) is 5.59. The molecular weight excluding hydrogens is 355 g/mol. The second kappa shape index (κ2) is 6.26. The predicted molar refractivity (Wildman–Crippen MR) is 83.4 cm³/mol. The number of pyridine rings is 1. The van der Waals surface area contributed by atoms with Gasteiger partial charge in [0.15, 0.2) is 11.6 Å². The number of nitrogens with zero attached hydrogens (tertiary/aromatic N) is 1. The molecule has 0 radical (unpaired) electrons. The highest BCUT2D eigenvalue weighted by Gasteiger charge is 2.30. The van der Waals surface area contributed by atoms with Crippen LogP contribution in [0.4, 0.5) is 22.0 Å². The Bertz CT molecular complexity index is 1110. The summed E-state index contributed by atoms with van der Waals surface area (Å²) in [5, 5.41) is 8.62. The van der Waals surface area contributed by atoms with Gasteiger partial charge in [-0.1, -0.05) is 18.2 Å². The summed E-state index contributed by atoms with van der Waals surface area (Å²) < 4.78 is 66.7. The summed E-state index contributed by atoms with van der Waals surface area (Å²) in [6, 6.07) is 6.49.